The first-order valence-electron chi connectivity index (χ1n) is 14.0. The van der Waals surface area contributed by atoms with Crippen LogP contribution in [-0.4, -0.2) is 43.0 Å². The molecule has 2 aromatic rings. The molecule has 2 saturated carbocycles. The summed E-state index contributed by atoms with van der Waals surface area (Å²) in [5.74, 6) is 2.05. The summed E-state index contributed by atoms with van der Waals surface area (Å²) in [7, 11) is 1.95. The van der Waals surface area contributed by atoms with Crippen LogP contribution in [0.3, 0.4) is 0 Å². The monoisotopic (exact) mass is 482 g/mol. The van der Waals surface area contributed by atoms with E-state index >= 15 is 0 Å². The highest BCUT2D eigenvalue weighted by Crippen LogP contribution is 2.66. The summed E-state index contributed by atoms with van der Waals surface area (Å²) in [5.41, 5.74) is 12.1. The van der Waals surface area contributed by atoms with Gasteiger partial charge < -0.3 is 4.90 Å². The Kier molecular flexibility index (Phi) is 5.57. The number of anilines is 1. The van der Waals surface area contributed by atoms with Crippen LogP contribution in [0.15, 0.2) is 54.6 Å². The summed E-state index contributed by atoms with van der Waals surface area (Å²) in [6.45, 7) is 3.57. The number of amides is 1. The van der Waals surface area contributed by atoms with Crippen molar-refractivity contribution in [1.29, 1.82) is 0 Å². The number of nitrogens with zero attached hydrogens (tertiary/aromatic N) is 2. The summed E-state index contributed by atoms with van der Waals surface area (Å²) in [6, 6.07) is 18.4. The minimum absolute atomic E-state index is 0.241. The highest BCUT2D eigenvalue weighted by molar-refractivity contribution is 6.10. The maximum atomic E-state index is 13.3. The van der Waals surface area contributed by atoms with Gasteiger partial charge in [-0.1, -0.05) is 54.6 Å². The van der Waals surface area contributed by atoms with Crippen molar-refractivity contribution < 1.29 is 4.79 Å². The quantitative estimate of drug-likeness (QED) is 0.659. The highest BCUT2D eigenvalue weighted by Gasteiger charge is 2.68. The zero-order valence-electron chi connectivity index (χ0n) is 21.3. The third-order valence-electron chi connectivity index (χ3n) is 9.94. The van der Waals surface area contributed by atoms with E-state index in [0.717, 1.165) is 18.7 Å². The lowest BCUT2D eigenvalue weighted by Crippen LogP contribution is -2.38. The lowest BCUT2D eigenvalue weighted by Gasteiger charge is -2.33. The molecule has 0 bridgehead atoms. The van der Waals surface area contributed by atoms with Crippen LogP contribution in [0.25, 0.3) is 6.08 Å². The number of rotatable bonds is 5. The predicted molar refractivity (Wildman–Crippen MR) is 144 cm³/mol. The van der Waals surface area contributed by atoms with Gasteiger partial charge in [-0.25, -0.2) is 0 Å². The van der Waals surface area contributed by atoms with Gasteiger partial charge in [0.25, 0.3) is 0 Å². The molecule has 1 spiro atoms. The largest absolute Gasteiger partial charge is 0.314 e. The zero-order chi connectivity index (χ0) is 24.3. The van der Waals surface area contributed by atoms with E-state index in [1.54, 1.807) is 0 Å². The number of carbonyl (C=O) groups excluding carboxylic acids is 1. The molecule has 3 heterocycles. The number of hydrazine groups is 1. The molecular weight excluding hydrogens is 444 g/mol. The smallest absolute Gasteiger partial charge is 0.237 e. The summed E-state index contributed by atoms with van der Waals surface area (Å²) in [4.78, 5) is 17.7. The van der Waals surface area contributed by atoms with Crippen molar-refractivity contribution in [1.82, 2.24) is 15.8 Å². The van der Waals surface area contributed by atoms with Crippen LogP contribution in [0.5, 0.6) is 0 Å². The SMILES string of the molecule is CN1C(=O)[C@@]2(C[C@H]2C2CCC3C(/C=C/c4ccc(CN5CCCC5)cc4)NNC3C2)c2ccccc21. The van der Waals surface area contributed by atoms with Crippen LogP contribution in [0.2, 0.25) is 0 Å². The Labute approximate surface area is 214 Å². The van der Waals surface area contributed by atoms with Crippen molar-refractivity contribution in [2.24, 2.45) is 17.8 Å². The third-order valence-corrected chi connectivity index (χ3v) is 9.94. The number of carbonyl (C=O) groups is 1. The number of para-hydroxylation sites is 1. The number of hydrogen-bond acceptors (Lipinski definition) is 4. The first kappa shape index (κ1) is 22.7. The standard InChI is InChI=1S/C31H38N4O/c1-34-29-7-3-2-6-25(29)31(30(34)36)19-26(31)23-13-14-24-27(32-33-28(24)18-23)15-12-21-8-10-22(11-9-21)20-35-16-4-5-17-35/h2-3,6-12,15,23-24,26-28,32-33H,4-5,13-14,16-20H2,1H3/b15-12+/t23?,24?,26-,27?,28?,31-/m0/s1. The average molecular weight is 483 g/mol. The molecule has 1 amide bonds. The van der Waals surface area contributed by atoms with E-state index in [0.29, 0.717) is 35.7 Å². The van der Waals surface area contributed by atoms with Gasteiger partial charge in [-0.15, -0.1) is 0 Å². The zero-order valence-corrected chi connectivity index (χ0v) is 21.3. The van der Waals surface area contributed by atoms with Gasteiger partial charge >= 0.3 is 0 Å². The number of likely N-dealkylation sites (N-methyl/N-ethyl adjacent to an activating group) is 1. The van der Waals surface area contributed by atoms with Crippen molar-refractivity contribution in [3.63, 3.8) is 0 Å². The number of fused-ring (bicyclic) bond motifs is 3. The second-order valence-corrected chi connectivity index (χ2v) is 11.9. The fraction of sp³-hybridized carbons (Fsp3) is 0.516. The molecule has 4 fully saturated rings. The van der Waals surface area contributed by atoms with Gasteiger partial charge in [-0.2, -0.15) is 0 Å². The van der Waals surface area contributed by atoms with Crippen LogP contribution < -0.4 is 15.8 Å². The Morgan fingerprint density at radius 1 is 1.03 bits per heavy atom. The van der Waals surface area contributed by atoms with Gasteiger partial charge in [0.15, 0.2) is 0 Å². The van der Waals surface area contributed by atoms with Crippen LogP contribution >= 0.6 is 0 Å². The van der Waals surface area contributed by atoms with E-state index in [1.165, 1.54) is 61.9 Å². The van der Waals surface area contributed by atoms with E-state index in [4.69, 9.17) is 0 Å². The molecule has 2 N–H and O–H groups in total. The molecule has 6 atom stereocenters. The number of hydrogen-bond donors (Lipinski definition) is 2. The molecule has 4 unspecified atom stereocenters. The Bertz CT molecular complexity index is 1170. The summed E-state index contributed by atoms with van der Waals surface area (Å²) in [6.07, 6.45) is 12.0. The van der Waals surface area contributed by atoms with E-state index in [1.807, 2.05) is 11.9 Å². The molecule has 0 aromatic heterocycles. The van der Waals surface area contributed by atoms with Gasteiger partial charge in [0, 0.05) is 31.4 Å². The third kappa shape index (κ3) is 3.67. The van der Waals surface area contributed by atoms with Crippen molar-refractivity contribution in [2.75, 3.05) is 25.0 Å². The Hall–Kier alpha value is -2.47. The van der Waals surface area contributed by atoms with E-state index < -0.39 is 0 Å². The molecule has 2 aliphatic carbocycles. The van der Waals surface area contributed by atoms with Crippen LogP contribution in [0.1, 0.15) is 55.2 Å². The minimum atomic E-state index is -0.241. The fourth-order valence-corrected chi connectivity index (χ4v) is 7.92. The van der Waals surface area contributed by atoms with Crippen molar-refractivity contribution >= 4 is 17.7 Å². The number of nitrogens with one attached hydrogen (secondary N) is 2. The average Bonchev–Trinajstić information content (AvgIpc) is 3.14. The van der Waals surface area contributed by atoms with Crippen molar-refractivity contribution in [3.8, 4) is 0 Å². The molecule has 2 saturated heterocycles. The van der Waals surface area contributed by atoms with Crippen LogP contribution in [0.4, 0.5) is 5.69 Å². The number of benzene rings is 2. The molecule has 3 aliphatic heterocycles. The molecule has 5 aliphatic rings. The maximum Gasteiger partial charge on any atom is 0.237 e. The van der Waals surface area contributed by atoms with Crippen molar-refractivity contribution in [3.05, 3.63) is 71.3 Å². The lowest BCUT2D eigenvalue weighted by atomic mass is 9.73. The Balaban J connectivity index is 0.977. The maximum absolute atomic E-state index is 13.3. The van der Waals surface area contributed by atoms with Gasteiger partial charge in [0.2, 0.25) is 5.91 Å². The molecule has 36 heavy (non-hydrogen) atoms. The molecule has 188 valence electrons. The summed E-state index contributed by atoms with van der Waals surface area (Å²) in [5, 5.41) is 0. The van der Waals surface area contributed by atoms with E-state index in [-0.39, 0.29) is 5.41 Å². The van der Waals surface area contributed by atoms with Crippen molar-refractivity contribution in [2.45, 2.75) is 62.6 Å². The van der Waals surface area contributed by atoms with Crippen LogP contribution in [0, 0.1) is 17.8 Å². The molecule has 5 heteroatoms. The van der Waals surface area contributed by atoms with Gasteiger partial charge in [0.05, 0.1) is 5.41 Å². The number of likely N-dealkylation sites (tertiary alicyclic amines) is 1. The minimum Gasteiger partial charge on any atom is -0.314 e. The van der Waals surface area contributed by atoms with Gasteiger partial charge in [0.1, 0.15) is 0 Å². The lowest BCUT2D eigenvalue weighted by molar-refractivity contribution is -0.120. The second-order valence-electron chi connectivity index (χ2n) is 11.9. The van der Waals surface area contributed by atoms with Gasteiger partial charge in [-0.05, 0) is 92.1 Å². The molecule has 2 aromatic carbocycles. The van der Waals surface area contributed by atoms with E-state index in [9.17, 15) is 4.79 Å². The molecular formula is C31H38N4O. The molecule has 5 nitrogen and oxygen atoms in total. The Morgan fingerprint density at radius 2 is 1.83 bits per heavy atom. The Morgan fingerprint density at radius 3 is 2.67 bits per heavy atom. The van der Waals surface area contributed by atoms with Crippen LogP contribution in [-0.2, 0) is 16.8 Å². The molecule has 0 radical (unpaired) electrons. The topological polar surface area (TPSA) is 47.6 Å². The fourth-order valence-electron chi connectivity index (χ4n) is 7.92. The summed E-state index contributed by atoms with van der Waals surface area (Å²) < 4.78 is 0. The normalized spacial score (nSPS) is 35.6. The highest BCUT2D eigenvalue weighted by atomic mass is 16.2. The predicted octanol–water partition coefficient (Wildman–Crippen LogP) is 4.49. The van der Waals surface area contributed by atoms with E-state index in [2.05, 4.69) is 76.4 Å². The molecule has 7 rings (SSSR count). The van der Waals surface area contributed by atoms with Gasteiger partial charge in [-0.3, -0.25) is 20.5 Å². The first-order chi connectivity index (χ1) is 17.6. The summed E-state index contributed by atoms with van der Waals surface area (Å²) >= 11 is 0. The second kappa shape index (κ2) is 8.83. The first-order valence-corrected chi connectivity index (χ1v) is 14.0.